The second-order valence-corrected chi connectivity index (χ2v) is 12.9. The van der Waals surface area contributed by atoms with Crippen LogP contribution < -0.4 is 5.32 Å². The van der Waals surface area contributed by atoms with Crippen molar-refractivity contribution < 1.29 is 0 Å². The number of rotatable bonds is 7. The lowest BCUT2D eigenvalue weighted by Gasteiger charge is -2.39. The number of fused-ring (bicyclic) bond motifs is 3. The molecule has 3 unspecified atom stereocenters. The summed E-state index contributed by atoms with van der Waals surface area (Å²) in [5.74, 6) is 0.642. The van der Waals surface area contributed by atoms with E-state index >= 15 is 0 Å². The zero-order valence-electron chi connectivity index (χ0n) is 27.0. The molecular formula is C46H39N. The molecule has 0 heterocycles. The lowest BCUT2D eigenvalue weighted by Crippen LogP contribution is -2.35. The minimum absolute atomic E-state index is 0.287. The highest BCUT2D eigenvalue weighted by Gasteiger charge is 2.52. The standard InChI is InChI=1S/C46H39N/c1-3-33-24-25-35(30-43(33)40-19-8-7-14-32(40)2)34-26-28-38(29-27-34)47-39-18-13-17-37(31-39)46(36-15-5-4-6-16-36)44-22-11-9-20-41(44)42-21-10-12-23-45(42)46/h4-31,41,44,47H,3H2,1-2H3. The van der Waals surface area contributed by atoms with Crippen LogP contribution in [0.3, 0.4) is 0 Å². The summed E-state index contributed by atoms with van der Waals surface area (Å²) in [5, 5.41) is 3.74. The van der Waals surface area contributed by atoms with E-state index in [1.807, 2.05) is 0 Å². The molecule has 6 aromatic carbocycles. The largest absolute Gasteiger partial charge is 0.356 e. The summed E-state index contributed by atoms with van der Waals surface area (Å²) in [6.07, 6.45) is 10.3. The summed E-state index contributed by atoms with van der Waals surface area (Å²) in [6.45, 7) is 4.44. The van der Waals surface area contributed by atoms with E-state index in [1.54, 1.807) is 0 Å². The lowest BCUT2D eigenvalue weighted by molar-refractivity contribution is 0.457. The Labute approximate surface area is 279 Å². The first-order valence-corrected chi connectivity index (χ1v) is 16.8. The highest BCUT2D eigenvalue weighted by Crippen LogP contribution is 2.59. The van der Waals surface area contributed by atoms with Gasteiger partial charge < -0.3 is 5.32 Å². The van der Waals surface area contributed by atoms with Crippen LogP contribution in [0.2, 0.25) is 0 Å². The molecule has 0 amide bonds. The zero-order chi connectivity index (χ0) is 31.8. The molecule has 6 aromatic rings. The predicted molar refractivity (Wildman–Crippen MR) is 198 cm³/mol. The van der Waals surface area contributed by atoms with Crippen molar-refractivity contribution in [2.24, 2.45) is 5.92 Å². The Morgan fingerprint density at radius 2 is 1.30 bits per heavy atom. The second-order valence-electron chi connectivity index (χ2n) is 12.9. The van der Waals surface area contributed by atoms with E-state index in [0.717, 1.165) is 17.8 Å². The number of hydrogen-bond acceptors (Lipinski definition) is 1. The van der Waals surface area contributed by atoms with Gasteiger partial charge in [-0.25, -0.2) is 0 Å². The Hall–Kier alpha value is -5.40. The molecule has 0 spiro atoms. The Morgan fingerprint density at radius 1 is 0.574 bits per heavy atom. The summed E-state index contributed by atoms with van der Waals surface area (Å²) >= 11 is 0. The zero-order valence-corrected chi connectivity index (χ0v) is 27.0. The van der Waals surface area contributed by atoms with Gasteiger partial charge in [-0.15, -0.1) is 0 Å². The van der Waals surface area contributed by atoms with Gasteiger partial charge in [0.15, 0.2) is 0 Å². The molecule has 0 saturated carbocycles. The van der Waals surface area contributed by atoms with Crippen molar-refractivity contribution in [3.63, 3.8) is 0 Å². The maximum atomic E-state index is 3.74. The minimum Gasteiger partial charge on any atom is -0.356 e. The molecule has 1 N–H and O–H groups in total. The summed E-state index contributed by atoms with van der Waals surface area (Å²) < 4.78 is 0. The summed E-state index contributed by atoms with van der Waals surface area (Å²) in [6, 6.07) is 53.7. The molecule has 3 atom stereocenters. The van der Waals surface area contributed by atoms with Crippen LogP contribution in [0.25, 0.3) is 22.3 Å². The fraction of sp³-hybridized carbons (Fsp3) is 0.130. The first kappa shape index (κ1) is 29.0. The number of anilines is 2. The molecule has 0 bridgehead atoms. The molecule has 2 aliphatic rings. The van der Waals surface area contributed by atoms with Crippen molar-refractivity contribution in [3.05, 3.63) is 203 Å². The van der Waals surface area contributed by atoms with Gasteiger partial charge in [-0.2, -0.15) is 0 Å². The summed E-state index contributed by atoms with van der Waals surface area (Å²) in [7, 11) is 0. The minimum atomic E-state index is -0.287. The number of allylic oxidation sites excluding steroid dienone is 4. The second kappa shape index (κ2) is 12.1. The van der Waals surface area contributed by atoms with Crippen LogP contribution in [0.4, 0.5) is 11.4 Å². The molecule has 8 rings (SSSR count). The van der Waals surface area contributed by atoms with E-state index in [0.29, 0.717) is 11.8 Å². The molecule has 1 nitrogen and oxygen atoms in total. The molecule has 2 aliphatic carbocycles. The van der Waals surface area contributed by atoms with Crippen molar-refractivity contribution in [2.45, 2.75) is 31.6 Å². The van der Waals surface area contributed by atoms with Gasteiger partial charge >= 0.3 is 0 Å². The van der Waals surface area contributed by atoms with Crippen molar-refractivity contribution in [1.82, 2.24) is 0 Å². The highest BCUT2D eigenvalue weighted by atomic mass is 14.9. The van der Waals surface area contributed by atoms with Gasteiger partial charge in [0, 0.05) is 23.2 Å². The molecule has 228 valence electrons. The molecular weight excluding hydrogens is 567 g/mol. The van der Waals surface area contributed by atoms with E-state index in [1.165, 1.54) is 55.6 Å². The first-order chi connectivity index (χ1) is 23.2. The van der Waals surface area contributed by atoms with Crippen molar-refractivity contribution in [3.8, 4) is 22.3 Å². The molecule has 47 heavy (non-hydrogen) atoms. The van der Waals surface area contributed by atoms with Crippen molar-refractivity contribution in [1.29, 1.82) is 0 Å². The van der Waals surface area contributed by atoms with E-state index in [-0.39, 0.29) is 5.41 Å². The fourth-order valence-electron chi connectivity index (χ4n) is 8.15. The summed E-state index contributed by atoms with van der Waals surface area (Å²) in [4.78, 5) is 0. The molecule has 0 aliphatic heterocycles. The SMILES string of the molecule is CCc1ccc(-c2ccc(Nc3cccc(C4(c5ccccc5)c5ccccc5C5C=CC=CC54)c3)cc2)cc1-c1ccccc1C. The predicted octanol–water partition coefficient (Wildman–Crippen LogP) is 11.8. The van der Waals surface area contributed by atoms with Gasteiger partial charge in [-0.05, 0) is 99.3 Å². The fourth-order valence-corrected chi connectivity index (χ4v) is 8.15. The average molecular weight is 606 g/mol. The topological polar surface area (TPSA) is 12.0 Å². The third kappa shape index (κ3) is 4.95. The van der Waals surface area contributed by atoms with Gasteiger partial charge in [-0.3, -0.25) is 0 Å². The highest BCUT2D eigenvalue weighted by molar-refractivity contribution is 5.78. The third-order valence-corrected chi connectivity index (χ3v) is 10.4. The van der Waals surface area contributed by atoms with Gasteiger partial charge in [-0.1, -0.05) is 146 Å². The Bertz CT molecular complexity index is 2120. The van der Waals surface area contributed by atoms with Crippen molar-refractivity contribution in [2.75, 3.05) is 5.32 Å². The van der Waals surface area contributed by atoms with Crippen molar-refractivity contribution >= 4 is 11.4 Å². The van der Waals surface area contributed by atoms with Crippen LogP contribution >= 0.6 is 0 Å². The van der Waals surface area contributed by atoms with Crippen LogP contribution in [-0.2, 0) is 11.8 Å². The van der Waals surface area contributed by atoms with Gasteiger partial charge in [0.1, 0.15) is 0 Å². The average Bonchev–Trinajstić information content (AvgIpc) is 3.44. The van der Waals surface area contributed by atoms with E-state index in [4.69, 9.17) is 0 Å². The van der Waals surface area contributed by atoms with Crippen LogP contribution in [-0.4, -0.2) is 0 Å². The maximum absolute atomic E-state index is 3.74. The Kier molecular flexibility index (Phi) is 7.46. The number of benzene rings is 6. The Balaban J connectivity index is 1.14. The molecule has 0 radical (unpaired) electrons. The Morgan fingerprint density at radius 3 is 2.13 bits per heavy atom. The van der Waals surface area contributed by atoms with E-state index < -0.39 is 0 Å². The van der Waals surface area contributed by atoms with E-state index in [2.05, 4.69) is 189 Å². The van der Waals surface area contributed by atoms with Crippen LogP contribution in [0.5, 0.6) is 0 Å². The lowest BCUT2D eigenvalue weighted by atomic mass is 9.63. The van der Waals surface area contributed by atoms with Gasteiger partial charge in [0.05, 0.1) is 5.41 Å². The number of hydrogen-bond donors (Lipinski definition) is 1. The number of aryl methyl sites for hydroxylation is 2. The van der Waals surface area contributed by atoms with Crippen LogP contribution in [0.15, 0.2) is 170 Å². The maximum Gasteiger partial charge on any atom is 0.0526 e. The van der Waals surface area contributed by atoms with Crippen LogP contribution in [0.1, 0.15) is 46.2 Å². The van der Waals surface area contributed by atoms with Gasteiger partial charge in [0.25, 0.3) is 0 Å². The summed E-state index contributed by atoms with van der Waals surface area (Å²) in [5.41, 5.74) is 15.1. The molecule has 1 heteroatoms. The van der Waals surface area contributed by atoms with E-state index in [9.17, 15) is 0 Å². The monoisotopic (exact) mass is 605 g/mol. The van der Waals surface area contributed by atoms with Gasteiger partial charge in [0.2, 0.25) is 0 Å². The molecule has 0 saturated heterocycles. The number of nitrogens with one attached hydrogen (secondary N) is 1. The van der Waals surface area contributed by atoms with Crippen LogP contribution in [0, 0.1) is 12.8 Å². The molecule has 0 aromatic heterocycles. The quantitative estimate of drug-likeness (QED) is 0.191. The first-order valence-electron chi connectivity index (χ1n) is 16.8. The third-order valence-electron chi connectivity index (χ3n) is 10.4. The smallest absolute Gasteiger partial charge is 0.0526 e. The molecule has 0 fully saturated rings. The normalized spacial score (nSPS) is 19.3.